The van der Waals surface area contributed by atoms with Crippen LogP contribution in [0.4, 0.5) is 5.69 Å². The average Bonchev–Trinajstić information content (AvgIpc) is 3.14. The van der Waals surface area contributed by atoms with E-state index in [0.717, 1.165) is 56.1 Å². The largest absolute Gasteiger partial charge is 0.377 e. The molecule has 1 atom stereocenters. The zero-order valence-corrected chi connectivity index (χ0v) is 16.9. The smallest absolute Gasteiger partial charge is 0.255 e. The molecular formula is C21H31N5O. The molecule has 0 saturated carbocycles. The number of amides is 1. The van der Waals surface area contributed by atoms with E-state index in [9.17, 15) is 4.79 Å². The summed E-state index contributed by atoms with van der Waals surface area (Å²) in [6.07, 6.45) is 6.03. The highest BCUT2D eigenvalue weighted by atomic mass is 16.2. The molecule has 0 unspecified atom stereocenters. The lowest BCUT2D eigenvalue weighted by molar-refractivity contribution is 0.0704. The van der Waals surface area contributed by atoms with Gasteiger partial charge in [-0.1, -0.05) is 12.1 Å². The summed E-state index contributed by atoms with van der Waals surface area (Å²) in [4.78, 5) is 24.0. The Morgan fingerprint density at radius 3 is 2.74 bits per heavy atom. The van der Waals surface area contributed by atoms with Crippen LogP contribution in [0.3, 0.4) is 0 Å². The number of hydrogen-bond donors (Lipinski definition) is 0. The summed E-state index contributed by atoms with van der Waals surface area (Å²) in [5.41, 5.74) is 1.75. The molecule has 0 aliphatic carbocycles. The van der Waals surface area contributed by atoms with Gasteiger partial charge in [0.2, 0.25) is 0 Å². The summed E-state index contributed by atoms with van der Waals surface area (Å²) in [5.74, 6) is 1.53. The first-order valence-electron chi connectivity index (χ1n) is 9.68. The Morgan fingerprint density at radius 1 is 1.22 bits per heavy atom. The number of nitrogens with zero attached hydrogens (tertiary/aromatic N) is 5. The predicted molar refractivity (Wildman–Crippen MR) is 109 cm³/mol. The van der Waals surface area contributed by atoms with Crippen molar-refractivity contribution in [3.63, 3.8) is 0 Å². The number of likely N-dealkylation sites (N-methyl/N-ethyl adjacent to an activating group) is 1. The maximum absolute atomic E-state index is 13.2. The van der Waals surface area contributed by atoms with Crippen molar-refractivity contribution in [2.45, 2.75) is 25.3 Å². The number of carbonyl (C=O) groups is 1. The summed E-state index contributed by atoms with van der Waals surface area (Å²) in [5, 5.41) is 0. The highest BCUT2D eigenvalue weighted by molar-refractivity contribution is 5.99. The van der Waals surface area contributed by atoms with E-state index in [1.54, 1.807) is 0 Å². The van der Waals surface area contributed by atoms with Crippen molar-refractivity contribution in [2.24, 2.45) is 0 Å². The van der Waals surface area contributed by atoms with E-state index in [1.165, 1.54) is 0 Å². The molecule has 6 heteroatoms. The minimum Gasteiger partial charge on any atom is -0.377 e. The Labute approximate surface area is 162 Å². The molecule has 1 amide bonds. The van der Waals surface area contributed by atoms with Crippen LogP contribution >= 0.6 is 0 Å². The zero-order valence-electron chi connectivity index (χ0n) is 16.9. The van der Waals surface area contributed by atoms with Crippen LogP contribution in [-0.4, -0.2) is 73.1 Å². The summed E-state index contributed by atoms with van der Waals surface area (Å²) in [6, 6.07) is 7.85. The molecule has 2 heterocycles. The van der Waals surface area contributed by atoms with E-state index in [1.807, 2.05) is 54.4 Å². The minimum atomic E-state index is 0.121. The molecular weight excluding hydrogens is 338 g/mol. The molecule has 0 N–H and O–H groups in total. The Balaban J connectivity index is 1.75. The lowest BCUT2D eigenvalue weighted by Crippen LogP contribution is -2.40. The van der Waals surface area contributed by atoms with Crippen molar-refractivity contribution < 1.29 is 4.79 Å². The number of hydrogen-bond acceptors (Lipinski definition) is 4. The van der Waals surface area contributed by atoms with E-state index >= 15 is 0 Å². The predicted octanol–water partition coefficient (Wildman–Crippen LogP) is 2.53. The molecule has 1 fully saturated rings. The van der Waals surface area contributed by atoms with Gasteiger partial charge in [0, 0.05) is 64.3 Å². The molecule has 1 saturated heterocycles. The van der Waals surface area contributed by atoms with Gasteiger partial charge in [0.05, 0.1) is 5.56 Å². The first-order chi connectivity index (χ1) is 13.0. The van der Waals surface area contributed by atoms with Crippen LogP contribution in [0, 0.1) is 0 Å². The number of anilines is 1. The van der Waals surface area contributed by atoms with Crippen LogP contribution in [0.15, 0.2) is 36.7 Å². The second-order valence-corrected chi connectivity index (χ2v) is 7.78. The van der Waals surface area contributed by atoms with Gasteiger partial charge in [-0.25, -0.2) is 4.98 Å². The van der Waals surface area contributed by atoms with Crippen molar-refractivity contribution in [3.8, 4) is 0 Å². The van der Waals surface area contributed by atoms with Crippen molar-refractivity contribution in [3.05, 3.63) is 48.0 Å². The first kappa shape index (κ1) is 19.4. The Morgan fingerprint density at radius 2 is 2.00 bits per heavy atom. The maximum Gasteiger partial charge on any atom is 0.255 e. The van der Waals surface area contributed by atoms with E-state index in [-0.39, 0.29) is 5.91 Å². The maximum atomic E-state index is 13.2. The quantitative estimate of drug-likeness (QED) is 0.785. The molecule has 1 aromatic heterocycles. The molecule has 146 valence electrons. The van der Waals surface area contributed by atoms with Gasteiger partial charge in [0.15, 0.2) is 0 Å². The van der Waals surface area contributed by atoms with Gasteiger partial charge in [-0.2, -0.15) is 0 Å². The summed E-state index contributed by atoms with van der Waals surface area (Å²) in [7, 11) is 8.12. The lowest BCUT2D eigenvalue weighted by atomic mass is 9.96. The van der Waals surface area contributed by atoms with Gasteiger partial charge in [-0.15, -0.1) is 0 Å². The van der Waals surface area contributed by atoms with Crippen LogP contribution in [-0.2, 0) is 6.54 Å². The van der Waals surface area contributed by atoms with Crippen LogP contribution in [0.5, 0.6) is 0 Å². The second-order valence-electron chi connectivity index (χ2n) is 7.78. The Hall–Kier alpha value is -2.34. The topological polar surface area (TPSA) is 44.6 Å². The fourth-order valence-electron chi connectivity index (χ4n) is 3.76. The van der Waals surface area contributed by atoms with Gasteiger partial charge >= 0.3 is 0 Å². The number of imidazole rings is 1. The van der Waals surface area contributed by atoms with Crippen molar-refractivity contribution in [1.82, 2.24) is 19.4 Å². The fraction of sp³-hybridized carbons (Fsp3) is 0.524. The van der Waals surface area contributed by atoms with Crippen molar-refractivity contribution >= 4 is 11.6 Å². The van der Waals surface area contributed by atoms with E-state index in [0.29, 0.717) is 5.92 Å². The van der Waals surface area contributed by atoms with Crippen molar-refractivity contribution in [2.75, 3.05) is 52.7 Å². The minimum absolute atomic E-state index is 0.121. The molecule has 1 aromatic carbocycles. The third-order valence-corrected chi connectivity index (χ3v) is 5.23. The SMILES string of the molecule is CN(C)CCn1ccnc1[C@H]1CCCN(C(=O)c2ccccc2N(C)C)C1. The van der Waals surface area contributed by atoms with Crippen LogP contribution < -0.4 is 4.90 Å². The van der Waals surface area contributed by atoms with Crippen LogP contribution in [0.25, 0.3) is 0 Å². The second kappa shape index (κ2) is 8.57. The monoisotopic (exact) mass is 369 g/mol. The van der Waals surface area contributed by atoms with Gasteiger partial charge in [-0.05, 0) is 39.1 Å². The molecule has 3 rings (SSSR count). The van der Waals surface area contributed by atoms with E-state index in [4.69, 9.17) is 0 Å². The highest BCUT2D eigenvalue weighted by Crippen LogP contribution is 2.28. The van der Waals surface area contributed by atoms with Gasteiger partial charge in [0.25, 0.3) is 5.91 Å². The van der Waals surface area contributed by atoms with Gasteiger partial charge in [0.1, 0.15) is 5.82 Å². The third kappa shape index (κ3) is 4.50. The van der Waals surface area contributed by atoms with E-state index < -0.39 is 0 Å². The molecule has 0 radical (unpaired) electrons. The van der Waals surface area contributed by atoms with Crippen LogP contribution in [0.1, 0.15) is 34.9 Å². The molecule has 2 aromatic rings. The summed E-state index contributed by atoms with van der Waals surface area (Å²) >= 11 is 0. The summed E-state index contributed by atoms with van der Waals surface area (Å²) < 4.78 is 2.24. The summed E-state index contributed by atoms with van der Waals surface area (Å²) in [6.45, 7) is 3.46. The number of rotatable bonds is 6. The highest BCUT2D eigenvalue weighted by Gasteiger charge is 2.29. The van der Waals surface area contributed by atoms with Gasteiger partial charge in [-0.3, -0.25) is 4.79 Å². The number of para-hydroxylation sites is 1. The van der Waals surface area contributed by atoms with Crippen molar-refractivity contribution in [1.29, 1.82) is 0 Å². The number of carbonyl (C=O) groups excluding carboxylic acids is 1. The zero-order chi connectivity index (χ0) is 19.4. The third-order valence-electron chi connectivity index (χ3n) is 5.23. The Kier molecular flexibility index (Phi) is 6.16. The Bertz CT molecular complexity index is 767. The number of benzene rings is 1. The van der Waals surface area contributed by atoms with Crippen LogP contribution in [0.2, 0.25) is 0 Å². The van der Waals surface area contributed by atoms with Gasteiger partial charge < -0.3 is 19.3 Å². The molecule has 27 heavy (non-hydrogen) atoms. The molecule has 0 bridgehead atoms. The molecule has 1 aliphatic rings. The lowest BCUT2D eigenvalue weighted by Gasteiger charge is -2.33. The van der Waals surface area contributed by atoms with E-state index in [2.05, 4.69) is 34.7 Å². The molecule has 1 aliphatic heterocycles. The molecule has 0 spiro atoms. The fourth-order valence-corrected chi connectivity index (χ4v) is 3.76. The standard InChI is InChI=1S/C21H31N5O/c1-23(2)14-15-25-13-11-22-20(25)17-8-7-12-26(16-17)21(27)18-9-5-6-10-19(18)24(3)4/h5-6,9-11,13,17H,7-8,12,14-16H2,1-4H3/t17-/m0/s1. The number of likely N-dealkylation sites (tertiary alicyclic amines) is 1. The first-order valence-corrected chi connectivity index (χ1v) is 9.68. The molecule has 6 nitrogen and oxygen atoms in total. The average molecular weight is 370 g/mol. The number of piperidine rings is 1. The number of aromatic nitrogens is 2. The normalized spacial score (nSPS) is 17.4.